The van der Waals surface area contributed by atoms with Gasteiger partial charge in [0.25, 0.3) is 0 Å². The first-order valence-corrected chi connectivity index (χ1v) is 9.98. The first-order valence-electron chi connectivity index (χ1n) is 8.50. The SMILES string of the molecule is CC(=O)Nc1ccc(S(=O)(=O)NCCC(=O)OCC(=O)c2ccccc2F)cc1. The topological polar surface area (TPSA) is 119 Å². The number of amides is 1. The number of sulfonamides is 1. The molecule has 29 heavy (non-hydrogen) atoms. The third kappa shape index (κ3) is 6.77. The predicted molar refractivity (Wildman–Crippen MR) is 102 cm³/mol. The van der Waals surface area contributed by atoms with E-state index in [1.807, 2.05) is 0 Å². The Labute approximate surface area is 167 Å². The normalized spacial score (nSPS) is 11.0. The van der Waals surface area contributed by atoms with Crippen LogP contribution in [0.2, 0.25) is 0 Å². The van der Waals surface area contributed by atoms with Crippen LogP contribution in [-0.4, -0.2) is 39.2 Å². The maximum atomic E-state index is 13.5. The summed E-state index contributed by atoms with van der Waals surface area (Å²) in [6, 6.07) is 10.8. The smallest absolute Gasteiger partial charge is 0.307 e. The van der Waals surface area contributed by atoms with Crippen LogP contribution in [0.5, 0.6) is 0 Å². The number of halogens is 1. The molecule has 0 aliphatic rings. The van der Waals surface area contributed by atoms with E-state index in [4.69, 9.17) is 4.74 Å². The van der Waals surface area contributed by atoms with Crippen LogP contribution >= 0.6 is 0 Å². The number of carbonyl (C=O) groups is 3. The summed E-state index contributed by atoms with van der Waals surface area (Å²) in [5, 5.41) is 2.51. The molecule has 0 heterocycles. The molecule has 0 aliphatic heterocycles. The molecule has 10 heteroatoms. The molecular weight excluding hydrogens is 403 g/mol. The fraction of sp³-hybridized carbons (Fsp3) is 0.211. The second-order valence-corrected chi connectivity index (χ2v) is 7.68. The van der Waals surface area contributed by atoms with Crippen molar-refractivity contribution in [3.63, 3.8) is 0 Å². The van der Waals surface area contributed by atoms with Gasteiger partial charge in [0.2, 0.25) is 21.7 Å². The lowest BCUT2D eigenvalue weighted by Crippen LogP contribution is -2.27. The van der Waals surface area contributed by atoms with Crippen LogP contribution in [0, 0.1) is 5.82 Å². The zero-order chi connectivity index (χ0) is 21.4. The Morgan fingerprint density at radius 2 is 1.69 bits per heavy atom. The van der Waals surface area contributed by atoms with E-state index in [2.05, 4.69) is 10.0 Å². The standard InChI is InChI=1S/C19H19FN2O6S/c1-13(23)22-14-6-8-15(9-7-14)29(26,27)21-11-10-19(25)28-12-18(24)16-4-2-3-5-17(16)20/h2-9,21H,10-12H2,1H3,(H,22,23). The number of rotatable bonds is 9. The number of ether oxygens (including phenoxy) is 1. The second-order valence-electron chi connectivity index (χ2n) is 5.92. The monoisotopic (exact) mass is 422 g/mol. The van der Waals surface area contributed by atoms with Crippen LogP contribution < -0.4 is 10.0 Å². The second kappa shape index (κ2) is 9.89. The van der Waals surface area contributed by atoms with Gasteiger partial charge in [-0.05, 0) is 36.4 Å². The van der Waals surface area contributed by atoms with Crippen molar-refractivity contribution in [1.29, 1.82) is 0 Å². The Hall–Kier alpha value is -3.11. The lowest BCUT2D eigenvalue weighted by molar-refractivity contribution is -0.142. The van der Waals surface area contributed by atoms with Crippen LogP contribution in [0.3, 0.4) is 0 Å². The van der Waals surface area contributed by atoms with Gasteiger partial charge < -0.3 is 10.1 Å². The number of ketones is 1. The Bertz CT molecular complexity index is 1010. The van der Waals surface area contributed by atoms with E-state index in [-0.39, 0.29) is 29.3 Å². The number of hydrogen-bond donors (Lipinski definition) is 2. The molecule has 0 saturated carbocycles. The summed E-state index contributed by atoms with van der Waals surface area (Å²) in [6.07, 6.45) is -0.312. The first kappa shape index (κ1) is 22.2. The van der Waals surface area contributed by atoms with Gasteiger partial charge in [0.15, 0.2) is 6.61 Å². The van der Waals surface area contributed by atoms with E-state index in [0.717, 1.165) is 6.07 Å². The number of Topliss-reactive ketones (excluding diaryl/α,β-unsaturated/α-hetero) is 1. The number of benzene rings is 2. The van der Waals surface area contributed by atoms with Gasteiger partial charge >= 0.3 is 5.97 Å². The lowest BCUT2D eigenvalue weighted by atomic mass is 10.1. The highest BCUT2D eigenvalue weighted by atomic mass is 32.2. The zero-order valence-corrected chi connectivity index (χ0v) is 16.3. The Kier molecular flexibility index (Phi) is 7.57. The van der Waals surface area contributed by atoms with Crippen molar-refractivity contribution < 1.29 is 31.9 Å². The highest BCUT2D eigenvalue weighted by Crippen LogP contribution is 2.14. The average molecular weight is 422 g/mol. The molecule has 2 aromatic carbocycles. The number of esters is 1. The van der Waals surface area contributed by atoms with Crippen LogP contribution in [0.25, 0.3) is 0 Å². The summed E-state index contributed by atoms with van der Waals surface area (Å²) in [4.78, 5) is 34.4. The molecule has 2 rings (SSSR count). The maximum absolute atomic E-state index is 13.5. The van der Waals surface area contributed by atoms with Gasteiger partial charge in [-0.1, -0.05) is 12.1 Å². The molecule has 0 atom stereocenters. The molecule has 0 aliphatic carbocycles. The quantitative estimate of drug-likeness (QED) is 0.471. The molecule has 2 N–H and O–H groups in total. The molecule has 0 aromatic heterocycles. The van der Waals surface area contributed by atoms with Gasteiger partial charge in [0.05, 0.1) is 16.9 Å². The van der Waals surface area contributed by atoms with Gasteiger partial charge in [0, 0.05) is 19.2 Å². The van der Waals surface area contributed by atoms with Gasteiger partial charge in [-0.15, -0.1) is 0 Å². The Balaban J connectivity index is 1.80. The number of anilines is 1. The van der Waals surface area contributed by atoms with E-state index >= 15 is 0 Å². The number of hydrogen-bond acceptors (Lipinski definition) is 6. The molecule has 0 fully saturated rings. The first-order chi connectivity index (χ1) is 13.7. The predicted octanol–water partition coefficient (Wildman–Crippen LogP) is 1.88. The largest absolute Gasteiger partial charge is 0.457 e. The van der Waals surface area contributed by atoms with Gasteiger partial charge in [-0.25, -0.2) is 17.5 Å². The molecule has 0 spiro atoms. The third-order valence-corrected chi connectivity index (χ3v) is 5.12. The van der Waals surface area contributed by atoms with Crippen molar-refractivity contribution >= 4 is 33.4 Å². The summed E-state index contributed by atoms with van der Waals surface area (Å²) < 4.78 is 44.9. The minimum Gasteiger partial charge on any atom is -0.457 e. The van der Waals surface area contributed by atoms with E-state index < -0.39 is 34.2 Å². The summed E-state index contributed by atoms with van der Waals surface area (Å²) >= 11 is 0. The molecule has 8 nitrogen and oxygen atoms in total. The van der Waals surface area contributed by atoms with Gasteiger partial charge in [0.1, 0.15) is 5.82 Å². The average Bonchev–Trinajstić information content (AvgIpc) is 2.66. The van der Waals surface area contributed by atoms with Crippen molar-refractivity contribution in [3.8, 4) is 0 Å². The van der Waals surface area contributed by atoms with Crippen LogP contribution in [0.1, 0.15) is 23.7 Å². The fourth-order valence-corrected chi connectivity index (χ4v) is 3.31. The number of carbonyl (C=O) groups excluding carboxylic acids is 3. The summed E-state index contributed by atoms with van der Waals surface area (Å²) in [7, 11) is -3.87. The van der Waals surface area contributed by atoms with Crippen molar-refractivity contribution in [1.82, 2.24) is 4.72 Å². The van der Waals surface area contributed by atoms with Crippen LogP contribution in [0.4, 0.5) is 10.1 Å². The van der Waals surface area contributed by atoms with E-state index in [9.17, 15) is 27.2 Å². The van der Waals surface area contributed by atoms with Gasteiger partial charge in [-0.3, -0.25) is 14.4 Å². The molecule has 0 saturated heterocycles. The molecule has 0 bridgehead atoms. The van der Waals surface area contributed by atoms with Crippen LogP contribution in [0.15, 0.2) is 53.4 Å². The Morgan fingerprint density at radius 3 is 2.31 bits per heavy atom. The summed E-state index contributed by atoms with van der Waals surface area (Å²) in [5.41, 5.74) is 0.253. The van der Waals surface area contributed by atoms with Gasteiger partial charge in [-0.2, -0.15) is 0 Å². The van der Waals surface area contributed by atoms with E-state index in [1.165, 1.54) is 49.4 Å². The van der Waals surface area contributed by atoms with Crippen molar-refractivity contribution in [3.05, 3.63) is 59.9 Å². The summed E-state index contributed by atoms with van der Waals surface area (Å²) in [6.45, 7) is 0.439. The third-order valence-electron chi connectivity index (χ3n) is 3.64. The molecular formula is C19H19FN2O6S. The van der Waals surface area contributed by atoms with E-state index in [1.54, 1.807) is 0 Å². The minimum absolute atomic E-state index is 0.0466. The highest BCUT2D eigenvalue weighted by molar-refractivity contribution is 7.89. The van der Waals surface area contributed by atoms with Crippen molar-refractivity contribution in [2.24, 2.45) is 0 Å². The van der Waals surface area contributed by atoms with Crippen LogP contribution in [-0.2, 0) is 24.3 Å². The highest BCUT2D eigenvalue weighted by Gasteiger charge is 2.16. The number of nitrogens with one attached hydrogen (secondary N) is 2. The minimum atomic E-state index is -3.87. The molecule has 0 radical (unpaired) electrons. The van der Waals surface area contributed by atoms with Crippen molar-refractivity contribution in [2.45, 2.75) is 18.2 Å². The molecule has 2 aromatic rings. The molecule has 0 unspecified atom stereocenters. The summed E-state index contributed by atoms with van der Waals surface area (Å²) in [5.74, 6) is -2.51. The molecule has 1 amide bonds. The lowest BCUT2D eigenvalue weighted by Gasteiger charge is -2.08. The Morgan fingerprint density at radius 1 is 1.03 bits per heavy atom. The van der Waals surface area contributed by atoms with Crippen molar-refractivity contribution in [2.75, 3.05) is 18.5 Å². The zero-order valence-electron chi connectivity index (χ0n) is 15.5. The molecule has 154 valence electrons. The fourth-order valence-electron chi connectivity index (χ4n) is 2.27. The maximum Gasteiger partial charge on any atom is 0.307 e. The van der Waals surface area contributed by atoms with E-state index in [0.29, 0.717) is 5.69 Å².